The number of piperazine rings is 1. The number of benzene rings is 2. The lowest BCUT2D eigenvalue weighted by molar-refractivity contribution is 0.0535. The van der Waals surface area contributed by atoms with Crippen LogP contribution >= 0.6 is 0 Å². The molecule has 3 N–H and O–H groups in total. The van der Waals surface area contributed by atoms with Gasteiger partial charge in [-0.05, 0) is 24.3 Å². The van der Waals surface area contributed by atoms with Gasteiger partial charge < -0.3 is 15.5 Å². The zero-order valence-corrected chi connectivity index (χ0v) is 18.6. The fraction of sp³-hybridized carbons (Fsp3) is 0.160. The number of hydrogen-bond donors (Lipinski definition) is 2. The van der Waals surface area contributed by atoms with Gasteiger partial charge in [0.1, 0.15) is 5.82 Å². The van der Waals surface area contributed by atoms with Crippen LogP contribution in [0.25, 0.3) is 5.69 Å². The van der Waals surface area contributed by atoms with Crippen molar-refractivity contribution in [3.8, 4) is 5.69 Å². The third-order valence-corrected chi connectivity index (χ3v) is 6.20. The Labute approximate surface area is 199 Å². The summed E-state index contributed by atoms with van der Waals surface area (Å²) in [7, 11) is 0. The standard InChI is InChI=1S/C25H21N5O5/c26-21-20-17(22(32)27-23(20)33)14-19(31)30(21)18-9-5-4-8-16(18)25(35)29-12-10-28(11-13-29)24(34)15-6-2-1-3-7-15/h1-9,14H,10-13,26H2,(H,27,32,33). The summed E-state index contributed by atoms with van der Waals surface area (Å²) in [6.07, 6.45) is 0. The maximum absolute atomic E-state index is 13.4. The first-order valence-corrected chi connectivity index (χ1v) is 11.0. The molecule has 0 atom stereocenters. The Kier molecular flexibility index (Phi) is 5.40. The lowest BCUT2D eigenvalue weighted by Crippen LogP contribution is -2.50. The van der Waals surface area contributed by atoms with Gasteiger partial charge in [0.15, 0.2) is 0 Å². The molecule has 10 heteroatoms. The molecule has 0 spiro atoms. The van der Waals surface area contributed by atoms with Crippen molar-refractivity contribution < 1.29 is 19.2 Å². The molecular weight excluding hydrogens is 450 g/mol. The average molecular weight is 471 g/mol. The molecule has 176 valence electrons. The van der Waals surface area contributed by atoms with Crippen LogP contribution in [0.1, 0.15) is 41.4 Å². The lowest BCUT2D eigenvalue weighted by Gasteiger charge is -2.35. The summed E-state index contributed by atoms with van der Waals surface area (Å²) >= 11 is 0. The smallest absolute Gasteiger partial charge is 0.262 e. The van der Waals surface area contributed by atoms with Crippen LogP contribution in [0.2, 0.25) is 0 Å². The number of fused-ring (bicyclic) bond motifs is 1. The van der Waals surface area contributed by atoms with Gasteiger partial charge in [0, 0.05) is 37.8 Å². The van der Waals surface area contributed by atoms with Crippen molar-refractivity contribution in [2.45, 2.75) is 0 Å². The Bertz CT molecular complexity index is 1440. The number of hydrogen-bond acceptors (Lipinski definition) is 6. The molecule has 2 aromatic carbocycles. The number of nitrogens with one attached hydrogen (secondary N) is 1. The van der Waals surface area contributed by atoms with Crippen molar-refractivity contribution in [1.82, 2.24) is 19.7 Å². The number of imide groups is 1. The molecule has 2 aliphatic heterocycles. The van der Waals surface area contributed by atoms with E-state index in [9.17, 15) is 24.0 Å². The maximum Gasteiger partial charge on any atom is 0.262 e. The Hall–Kier alpha value is -4.73. The first kappa shape index (κ1) is 22.1. The number of amides is 4. The van der Waals surface area contributed by atoms with Crippen LogP contribution in [0.4, 0.5) is 5.82 Å². The molecule has 0 aliphatic carbocycles. The maximum atomic E-state index is 13.4. The van der Waals surface area contributed by atoms with Gasteiger partial charge in [0.05, 0.1) is 22.4 Å². The molecule has 0 saturated carbocycles. The zero-order chi connectivity index (χ0) is 24.7. The van der Waals surface area contributed by atoms with E-state index in [4.69, 9.17) is 5.73 Å². The van der Waals surface area contributed by atoms with Gasteiger partial charge in [0.2, 0.25) is 0 Å². The number of nitrogen functional groups attached to an aromatic ring is 1. The van der Waals surface area contributed by atoms with Crippen molar-refractivity contribution in [3.63, 3.8) is 0 Å². The number of nitrogens with two attached hydrogens (primary N) is 1. The molecule has 0 unspecified atom stereocenters. The second kappa shape index (κ2) is 8.56. The van der Waals surface area contributed by atoms with E-state index in [1.54, 1.807) is 58.3 Å². The molecule has 1 fully saturated rings. The molecule has 0 radical (unpaired) electrons. The molecule has 3 heterocycles. The highest BCUT2D eigenvalue weighted by Crippen LogP contribution is 2.25. The molecule has 1 saturated heterocycles. The van der Waals surface area contributed by atoms with E-state index >= 15 is 0 Å². The third-order valence-electron chi connectivity index (χ3n) is 6.20. The summed E-state index contributed by atoms with van der Waals surface area (Å²) in [6, 6.07) is 16.4. The molecule has 3 aromatic rings. The van der Waals surface area contributed by atoms with E-state index in [2.05, 4.69) is 5.32 Å². The average Bonchev–Trinajstić information content (AvgIpc) is 3.17. The molecule has 35 heavy (non-hydrogen) atoms. The molecule has 1 aromatic heterocycles. The summed E-state index contributed by atoms with van der Waals surface area (Å²) in [5.74, 6) is -2.02. The Balaban J connectivity index is 1.42. The minimum Gasteiger partial charge on any atom is -0.384 e. The topological polar surface area (TPSA) is 135 Å². The van der Waals surface area contributed by atoms with Gasteiger partial charge in [-0.1, -0.05) is 30.3 Å². The van der Waals surface area contributed by atoms with Crippen LogP contribution in [0.15, 0.2) is 65.5 Å². The summed E-state index contributed by atoms with van der Waals surface area (Å²) < 4.78 is 1.07. The summed E-state index contributed by atoms with van der Waals surface area (Å²) in [6.45, 7) is 1.37. The molecule has 5 rings (SSSR count). The summed E-state index contributed by atoms with van der Waals surface area (Å²) in [5, 5.41) is 2.13. The Morgan fingerprint density at radius 2 is 1.37 bits per heavy atom. The van der Waals surface area contributed by atoms with Crippen LogP contribution in [-0.4, -0.2) is 64.2 Å². The highest BCUT2D eigenvalue weighted by atomic mass is 16.2. The molecule has 0 bridgehead atoms. The number of aromatic nitrogens is 1. The number of pyridine rings is 1. The molecular formula is C25H21N5O5. The lowest BCUT2D eigenvalue weighted by atomic mass is 10.1. The molecule has 10 nitrogen and oxygen atoms in total. The van der Waals surface area contributed by atoms with Crippen molar-refractivity contribution in [3.05, 3.63) is 93.3 Å². The fourth-order valence-corrected chi connectivity index (χ4v) is 4.42. The SMILES string of the molecule is Nc1c2c(cc(=O)n1-c1ccccc1C(=O)N1CCN(C(=O)c3ccccc3)CC1)C(=O)NC2=O. The van der Waals surface area contributed by atoms with Crippen LogP contribution in [0, 0.1) is 0 Å². The fourth-order valence-electron chi connectivity index (χ4n) is 4.42. The monoisotopic (exact) mass is 471 g/mol. The van der Waals surface area contributed by atoms with Gasteiger partial charge >= 0.3 is 0 Å². The van der Waals surface area contributed by atoms with Crippen LogP contribution in [0.3, 0.4) is 0 Å². The minimum absolute atomic E-state index is 0.0863. The Morgan fingerprint density at radius 1 is 0.771 bits per heavy atom. The van der Waals surface area contributed by atoms with Gasteiger partial charge in [-0.2, -0.15) is 0 Å². The number of para-hydroxylation sites is 1. The van der Waals surface area contributed by atoms with Crippen molar-refractivity contribution >= 4 is 29.4 Å². The number of anilines is 1. The number of nitrogens with zero attached hydrogens (tertiary/aromatic N) is 3. The Morgan fingerprint density at radius 3 is 2.06 bits per heavy atom. The molecule has 4 amide bonds. The van der Waals surface area contributed by atoms with Crippen LogP contribution in [-0.2, 0) is 0 Å². The largest absolute Gasteiger partial charge is 0.384 e. The summed E-state index contributed by atoms with van der Waals surface area (Å²) in [5.41, 5.74) is 6.35. The summed E-state index contributed by atoms with van der Waals surface area (Å²) in [4.78, 5) is 66.5. The predicted octanol–water partition coefficient (Wildman–Crippen LogP) is 0.901. The quantitative estimate of drug-likeness (QED) is 0.545. The van der Waals surface area contributed by atoms with Crippen molar-refractivity contribution in [1.29, 1.82) is 0 Å². The second-order valence-corrected chi connectivity index (χ2v) is 8.24. The van der Waals surface area contributed by atoms with Crippen molar-refractivity contribution in [2.24, 2.45) is 0 Å². The first-order chi connectivity index (χ1) is 16.9. The van der Waals surface area contributed by atoms with E-state index in [-0.39, 0.29) is 40.0 Å². The zero-order valence-electron chi connectivity index (χ0n) is 18.6. The van der Waals surface area contributed by atoms with Gasteiger partial charge in [-0.25, -0.2) is 0 Å². The second-order valence-electron chi connectivity index (χ2n) is 8.24. The number of rotatable bonds is 3. The predicted molar refractivity (Wildman–Crippen MR) is 126 cm³/mol. The van der Waals surface area contributed by atoms with Crippen molar-refractivity contribution in [2.75, 3.05) is 31.9 Å². The number of carbonyl (C=O) groups excluding carboxylic acids is 4. The van der Waals surface area contributed by atoms with Gasteiger partial charge in [-0.3, -0.25) is 33.9 Å². The van der Waals surface area contributed by atoms with Crippen LogP contribution < -0.4 is 16.6 Å². The minimum atomic E-state index is -0.695. The van der Waals surface area contributed by atoms with E-state index in [0.717, 1.165) is 10.6 Å². The van der Waals surface area contributed by atoms with Gasteiger partial charge in [0.25, 0.3) is 29.2 Å². The normalized spacial score (nSPS) is 15.1. The van der Waals surface area contributed by atoms with E-state index in [1.165, 1.54) is 0 Å². The number of carbonyl (C=O) groups is 4. The van der Waals surface area contributed by atoms with E-state index in [0.29, 0.717) is 31.7 Å². The van der Waals surface area contributed by atoms with E-state index < -0.39 is 17.4 Å². The highest BCUT2D eigenvalue weighted by Gasteiger charge is 2.33. The van der Waals surface area contributed by atoms with Gasteiger partial charge in [-0.15, -0.1) is 0 Å². The highest BCUT2D eigenvalue weighted by molar-refractivity contribution is 6.23. The van der Waals surface area contributed by atoms with Crippen LogP contribution in [0.5, 0.6) is 0 Å². The first-order valence-electron chi connectivity index (χ1n) is 11.0. The third kappa shape index (κ3) is 3.74. The molecule has 2 aliphatic rings. The van der Waals surface area contributed by atoms with E-state index in [1.807, 2.05) is 6.07 Å².